The second-order valence-electron chi connectivity index (χ2n) is 5.48. The quantitative estimate of drug-likeness (QED) is 0.712. The number of hydrogen-bond donors (Lipinski definition) is 0. The lowest BCUT2D eigenvalue weighted by molar-refractivity contribution is 0.174. The smallest absolute Gasteiger partial charge is 0.231 e. The fraction of sp³-hybridized carbons (Fsp3) is 0.333. The van der Waals surface area contributed by atoms with Crippen LogP contribution in [0.2, 0.25) is 0 Å². The highest BCUT2D eigenvalue weighted by Gasteiger charge is 2.11. The van der Waals surface area contributed by atoms with Gasteiger partial charge in [0, 0.05) is 0 Å². The molecule has 0 spiro atoms. The molecule has 0 amide bonds. The van der Waals surface area contributed by atoms with Gasteiger partial charge in [0.2, 0.25) is 6.79 Å². The summed E-state index contributed by atoms with van der Waals surface area (Å²) in [6.07, 6.45) is 3.96. The summed E-state index contributed by atoms with van der Waals surface area (Å²) in [5, 5.41) is 0. The minimum absolute atomic E-state index is 0.360. The molecule has 4 rings (SSSR count). The van der Waals surface area contributed by atoms with Crippen molar-refractivity contribution in [2.45, 2.75) is 33.1 Å². The molecule has 0 bridgehead atoms. The van der Waals surface area contributed by atoms with Gasteiger partial charge < -0.3 is 9.47 Å². The fourth-order valence-corrected chi connectivity index (χ4v) is 2.70. The number of fused-ring (bicyclic) bond motifs is 2. The molecule has 0 N–H and O–H groups in total. The van der Waals surface area contributed by atoms with Gasteiger partial charge in [-0.2, -0.15) is 0 Å². The highest BCUT2D eigenvalue weighted by Crippen LogP contribution is 2.31. The molecular weight excluding hydrogens is 248 g/mol. The zero-order valence-corrected chi connectivity index (χ0v) is 12.1. The first-order valence-corrected chi connectivity index (χ1v) is 7.17. The maximum absolute atomic E-state index is 5.16. The summed E-state index contributed by atoms with van der Waals surface area (Å²) in [6, 6.07) is 12.7. The van der Waals surface area contributed by atoms with Gasteiger partial charge >= 0.3 is 0 Å². The summed E-state index contributed by atoms with van der Waals surface area (Å²) in [6.45, 7) is 4.55. The standard InChI is InChI=1S/C10H12.C8H8O2/c1-8-5-6-9-3-2-4-10(9)7-8;1-6-2-3-7-8(4-6)10-5-9-7/h5-7H,2-4H2,1H3;2-4H,5H2,1H3. The summed E-state index contributed by atoms with van der Waals surface area (Å²) in [5.74, 6) is 1.71. The molecule has 2 aliphatic rings. The van der Waals surface area contributed by atoms with Gasteiger partial charge in [0.1, 0.15) is 0 Å². The van der Waals surface area contributed by atoms with E-state index in [-0.39, 0.29) is 0 Å². The average Bonchev–Trinajstić information content (AvgIpc) is 3.06. The lowest BCUT2D eigenvalue weighted by atomic mass is 10.1. The normalized spacial score (nSPS) is 14.5. The van der Waals surface area contributed by atoms with E-state index in [0.717, 1.165) is 11.5 Å². The van der Waals surface area contributed by atoms with Crippen LogP contribution in [0, 0.1) is 13.8 Å². The molecule has 0 fully saturated rings. The van der Waals surface area contributed by atoms with E-state index in [2.05, 4.69) is 25.1 Å². The third kappa shape index (κ3) is 2.79. The van der Waals surface area contributed by atoms with Crippen LogP contribution in [0.4, 0.5) is 0 Å². The molecule has 0 radical (unpaired) electrons. The molecule has 2 heteroatoms. The Hall–Kier alpha value is -1.96. The van der Waals surface area contributed by atoms with Gasteiger partial charge in [-0.1, -0.05) is 29.8 Å². The van der Waals surface area contributed by atoms with Crippen molar-refractivity contribution in [3.63, 3.8) is 0 Å². The van der Waals surface area contributed by atoms with Crippen LogP contribution in [-0.2, 0) is 12.8 Å². The van der Waals surface area contributed by atoms with Gasteiger partial charge in [0.15, 0.2) is 11.5 Å². The molecule has 1 aliphatic carbocycles. The van der Waals surface area contributed by atoms with Crippen LogP contribution >= 0.6 is 0 Å². The number of ether oxygens (including phenoxy) is 2. The lowest BCUT2D eigenvalue weighted by Gasteiger charge is -1.98. The highest BCUT2D eigenvalue weighted by molar-refractivity contribution is 5.43. The van der Waals surface area contributed by atoms with Gasteiger partial charge in [-0.3, -0.25) is 0 Å². The van der Waals surface area contributed by atoms with E-state index in [9.17, 15) is 0 Å². The van der Waals surface area contributed by atoms with Crippen molar-refractivity contribution >= 4 is 0 Å². The molecule has 2 aromatic carbocycles. The van der Waals surface area contributed by atoms with E-state index in [1.54, 1.807) is 11.1 Å². The van der Waals surface area contributed by atoms with Gasteiger partial charge in [-0.05, 0) is 61.9 Å². The van der Waals surface area contributed by atoms with Crippen molar-refractivity contribution in [1.29, 1.82) is 0 Å². The zero-order valence-electron chi connectivity index (χ0n) is 12.1. The van der Waals surface area contributed by atoms with E-state index in [4.69, 9.17) is 9.47 Å². The van der Waals surface area contributed by atoms with Crippen LogP contribution in [0.15, 0.2) is 36.4 Å². The van der Waals surface area contributed by atoms with E-state index >= 15 is 0 Å². The average molecular weight is 268 g/mol. The number of benzene rings is 2. The van der Waals surface area contributed by atoms with E-state index in [1.807, 2.05) is 25.1 Å². The Labute approximate surface area is 120 Å². The second kappa shape index (κ2) is 5.58. The Kier molecular flexibility index (Phi) is 3.64. The van der Waals surface area contributed by atoms with E-state index in [1.165, 1.54) is 30.4 Å². The molecule has 0 atom stereocenters. The van der Waals surface area contributed by atoms with Crippen molar-refractivity contribution in [3.8, 4) is 11.5 Å². The van der Waals surface area contributed by atoms with Crippen LogP contribution in [0.25, 0.3) is 0 Å². The SMILES string of the molecule is Cc1ccc2c(c1)CCC2.Cc1ccc2c(c1)OCO2. The maximum atomic E-state index is 5.16. The Morgan fingerprint density at radius 2 is 1.45 bits per heavy atom. The van der Waals surface area contributed by atoms with Crippen molar-refractivity contribution < 1.29 is 9.47 Å². The molecule has 2 aromatic rings. The molecular formula is C18H20O2. The highest BCUT2D eigenvalue weighted by atomic mass is 16.7. The molecule has 0 aromatic heterocycles. The third-order valence-corrected chi connectivity index (χ3v) is 3.78. The van der Waals surface area contributed by atoms with Crippen molar-refractivity contribution in [1.82, 2.24) is 0 Å². The first-order chi connectivity index (χ1) is 9.72. The van der Waals surface area contributed by atoms with Crippen LogP contribution < -0.4 is 9.47 Å². The largest absolute Gasteiger partial charge is 0.454 e. The van der Waals surface area contributed by atoms with Gasteiger partial charge in [-0.15, -0.1) is 0 Å². The molecule has 1 heterocycles. The Morgan fingerprint density at radius 3 is 2.35 bits per heavy atom. The summed E-state index contributed by atoms with van der Waals surface area (Å²) < 4.78 is 10.3. The van der Waals surface area contributed by atoms with E-state index in [0.29, 0.717) is 6.79 Å². The van der Waals surface area contributed by atoms with Gasteiger partial charge in [0.25, 0.3) is 0 Å². The summed E-state index contributed by atoms with van der Waals surface area (Å²) in [4.78, 5) is 0. The maximum Gasteiger partial charge on any atom is 0.231 e. The molecule has 0 saturated carbocycles. The monoisotopic (exact) mass is 268 g/mol. The molecule has 20 heavy (non-hydrogen) atoms. The zero-order chi connectivity index (χ0) is 13.9. The third-order valence-electron chi connectivity index (χ3n) is 3.78. The Morgan fingerprint density at radius 1 is 0.750 bits per heavy atom. The van der Waals surface area contributed by atoms with Gasteiger partial charge in [-0.25, -0.2) is 0 Å². The fourth-order valence-electron chi connectivity index (χ4n) is 2.70. The molecule has 0 unspecified atom stereocenters. The van der Waals surface area contributed by atoms with E-state index < -0.39 is 0 Å². The van der Waals surface area contributed by atoms with Crippen molar-refractivity contribution in [3.05, 3.63) is 58.7 Å². The summed E-state index contributed by atoms with van der Waals surface area (Å²) in [5.41, 5.74) is 5.76. The predicted octanol–water partition coefficient (Wildman–Crippen LogP) is 4.21. The number of aryl methyl sites for hydroxylation is 4. The topological polar surface area (TPSA) is 18.5 Å². The molecule has 104 valence electrons. The molecule has 0 saturated heterocycles. The van der Waals surface area contributed by atoms with Crippen molar-refractivity contribution in [2.75, 3.05) is 6.79 Å². The first kappa shape index (κ1) is 13.0. The molecule has 1 aliphatic heterocycles. The predicted molar refractivity (Wildman–Crippen MR) is 80.5 cm³/mol. The summed E-state index contributed by atoms with van der Waals surface area (Å²) in [7, 11) is 0. The minimum atomic E-state index is 0.360. The first-order valence-electron chi connectivity index (χ1n) is 7.17. The number of rotatable bonds is 0. The Balaban J connectivity index is 0.000000121. The van der Waals surface area contributed by atoms with Crippen molar-refractivity contribution in [2.24, 2.45) is 0 Å². The van der Waals surface area contributed by atoms with Gasteiger partial charge in [0.05, 0.1) is 0 Å². The molecule has 2 nitrogen and oxygen atoms in total. The Bertz CT molecular complexity index is 561. The van der Waals surface area contributed by atoms with Crippen LogP contribution in [-0.4, -0.2) is 6.79 Å². The second-order valence-corrected chi connectivity index (χ2v) is 5.48. The van der Waals surface area contributed by atoms with Crippen LogP contribution in [0.3, 0.4) is 0 Å². The summed E-state index contributed by atoms with van der Waals surface area (Å²) >= 11 is 0. The lowest BCUT2D eigenvalue weighted by Crippen LogP contribution is -1.92. The van der Waals surface area contributed by atoms with Crippen LogP contribution in [0.1, 0.15) is 28.7 Å². The number of hydrogen-bond acceptors (Lipinski definition) is 2. The minimum Gasteiger partial charge on any atom is -0.454 e. The van der Waals surface area contributed by atoms with Crippen LogP contribution in [0.5, 0.6) is 11.5 Å².